The van der Waals surface area contributed by atoms with Crippen molar-refractivity contribution >= 4 is 16.5 Å². The maximum absolute atomic E-state index is 4.75. The predicted molar refractivity (Wildman–Crippen MR) is 64.7 cm³/mol. The van der Waals surface area contributed by atoms with Crippen LogP contribution in [0.1, 0.15) is 49.6 Å². The lowest BCUT2D eigenvalue weighted by atomic mass is 9.85. The zero-order chi connectivity index (χ0) is 10.4. The van der Waals surface area contributed by atoms with E-state index in [1.165, 1.54) is 41.4 Å². The fourth-order valence-electron chi connectivity index (χ4n) is 2.47. The second kappa shape index (κ2) is 3.48. The van der Waals surface area contributed by atoms with Crippen LogP contribution in [0.15, 0.2) is 0 Å². The fraction of sp³-hybridized carbons (Fsp3) is 0.750. The third kappa shape index (κ3) is 1.89. The van der Waals surface area contributed by atoms with Crippen molar-refractivity contribution in [3.05, 3.63) is 10.6 Å². The summed E-state index contributed by atoms with van der Waals surface area (Å²) in [7, 11) is 0. The molecule has 3 rings (SSSR count). The molecule has 2 atom stereocenters. The molecule has 1 aromatic heterocycles. The zero-order valence-electron chi connectivity index (χ0n) is 9.42. The van der Waals surface area contributed by atoms with Gasteiger partial charge in [0.2, 0.25) is 0 Å². The van der Waals surface area contributed by atoms with Crippen LogP contribution in [0.5, 0.6) is 0 Å². The summed E-state index contributed by atoms with van der Waals surface area (Å²) in [6.07, 6.45) is 5.20. The Hall–Kier alpha value is -0.570. The summed E-state index contributed by atoms with van der Waals surface area (Å²) < 4.78 is 0. The number of hydrogen-bond donors (Lipinski definition) is 1. The Kier molecular flexibility index (Phi) is 2.23. The minimum atomic E-state index is 0.662. The van der Waals surface area contributed by atoms with Crippen LogP contribution in [0.2, 0.25) is 0 Å². The third-order valence-corrected chi connectivity index (χ3v) is 4.41. The number of fused-ring (bicyclic) bond motifs is 1. The summed E-state index contributed by atoms with van der Waals surface area (Å²) in [4.78, 5) is 6.29. The Bertz CT molecular complexity index is 368. The number of aromatic nitrogens is 1. The monoisotopic (exact) mass is 222 g/mol. The Balaban J connectivity index is 1.85. The first-order chi connectivity index (χ1) is 7.22. The number of nitrogens with zero attached hydrogens (tertiary/aromatic N) is 1. The minimum absolute atomic E-state index is 0.662. The molecule has 0 aromatic carbocycles. The summed E-state index contributed by atoms with van der Waals surface area (Å²) >= 11 is 1.89. The van der Waals surface area contributed by atoms with Crippen LogP contribution < -0.4 is 5.32 Å². The molecule has 1 heterocycles. The summed E-state index contributed by atoms with van der Waals surface area (Å²) in [6.45, 7) is 4.67. The van der Waals surface area contributed by atoms with E-state index in [2.05, 4.69) is 19.2 Å². The third-order valence-electron chi connectivity index (χ3n) is 3.39. The zero-order valence-corrected chi connectivity index (χ0v) is 10.2. The summed E-state index contributed by atoms with van der Waals surface area (Å²) in [5, 5.41) is 4.69. The SMILES string of the molecule is CC1Cc2sc(NC3CC3)nc2C(C)C1. The van der Waals surface area contributed by atoms with E-state index in [0.717, 1.165) is 12.0 Å². The second-order valence-electron chi connectivity index (χ2n) is 5.19. The van der Waals surface area contributed by atoms with Crippen molar-refractivity contribution in [2.24, 2.45) is 5.92 Å². The van der Waals surface area contributed by atoms with E-state index in [0.29, 0.717) is 5.92 Å². The Morgan fingerprint density at radius 1 is 1.33 bits per heavy atom. The van der Waals surface area contributed by atoms with Crippen LogP contribution in [-0.4, -0.2) is 11.0 Å². The van der Waals surface area contributed by atoms with Crippen LogP contribution in [-0.2, 0) is 6.42 Å². The second-order valence-corrected chi connectivity index (χ2v) is 6.28. The van der Waals surface area contributed by atoms with E-state index in [4.69, 9.17) is 4.98 Å². The van der Waals surface area contributed by atoms with Gasteiger partial charge in [0.1, 0.15) is 0 Å². The Labute approximate surface area is 95.1 Å². The van der Waals surface area contributed by atoms with E-state index < -0.39 is 0 Å². The molecule has 1 aromatic rings. The maximum atomic E-state index is 4.75. The van der Waals surface area contributed by atoms with Crippen LogP contribution >= 0.6 is 11.3 Å². The molecule has 2 aliphatic rings. The molecule has 1 saturated carbocycles. The molecule has 82 valence electrons. The molecule has 1 fully saturated rings. The van der Waals surface area contributed by atoms with Crippen molar-refractivity contribution in [1.82, 2.24) is 4.98 Å². The van der Waals surface area contributed by atoms with Crippen LogP contribution in [0.4, 0.5) is 5.13 Å². The fourth-order valence-corrected chi connectivity index (χ4v) is 3.80. The normalized spacial score (nSPS) is 30.0. The topological polar surface area (TPSA) is 24.9 Å². The van der Waals surface area contributed by atoms with E-state index >= 15 is 0 Å². The number of nitrogens with one attached hydrogen (secondary N) is 1. The van der Waals surface area contributed by atoms with Gasteiger partial charge in [-0.05, 0) is 37.5 Å². The molecule has 2 unspecified atom stereocenters. The van der Waals surface area contributed by atoms with Crippen molar-refractivity contribution in [2.45, 2.75) is 51.5 Å². The molecule has 0 saturated heterocycles. The molecule has 1 N–H and O–H groups in total. The molecule has 0 radical (unpaired) electrons. The first kappa shape index (κ1) is 9.64. The summed E-state index contributed by atoms with van der Waals surface area (Å²) in [5.74, 6) is 1.50. The van der Waals surface area contributed by atoms with Crippen molar-refractivity contribution in [3.63, 3.8) is 0 Å². The Morgan fingerprint density at radius 2 is 2.13 bits per heavy atom. The number of rotatable bonds is 2. The van der Waals surface area contributed by atoms with Crippen molar-refractivity contribution in [2.75, 3.05) is 5.32 Å². The van der Waals surface area contributed by atoms with Crippen LogP contribution in [0.3, 0.4) is 0 Å². The highest BCUT2D eigenvalue weighted by atomic mass is 32.1. The molecular formula is C12H18N2S. The van der Waals surface area contributed by atoms with Gasteiger partial charge in [-0.3, -0.25) is 0 Å². The van der Waals surface area contributed by atoms with Gasteiger partial charge in [0.15, 0.2) is 5.13 Å². The smallest absolute Gasteiger partial charge is 0.183 e. The maximum Gasteiger partial charge on any atom is 0.183 e. The summed E-state index contributed by atoms with van der Waals surface area (Å²) in [5.41, 5.74) is 1.38. The molecule has 0 amide bonds. The molecule has 0 aliphatic heterocycles. The molecular weight excluding hydrogens is 204 g/mol. The summed E-state index contributed by atoms with van der Waals surface area (Å²) in [6, 6.07) is 0.727. The molecule has 2 aliphatic carbocycles. The van der Waals surface area contributed by atoms with Gasteiger partial charge < -0.3 is 5.32 Å². The first-order valence-electron chi connectivity index (χ1n) is 5.98. The lowest BCUT2D eigenvalue weighted by Crippen LogP contribution is -2.13. The molecule has 15 heavy (non-hydrogen) atoms. The molecule has 3 heteroatoms. The quantitative estimate of drug-likeness (QED) is 0.829. The van der Waals surface area contributed by atoms with E-state index in [-0.39, 0.29) is 0 Å². The van der Waals surface area contributed by atoms with Gasteiger partial charge in [0.05, 0.1) is 5.69 Å². The lowest BCUT2D eigenvalue weighted by molar-refractivity contribution is 0.448. The van der Waals surface area contributed by atoms with Crippen molar-refractivity contribution in [3.8, 4) is 0 Å². The van der Waals surface area contributed by atoms with Gasteiger partial charge in [-0.15, -0.1) is 11.3 Å². The molecule has 0 bridgehead atoms. The van der Waals surface area contributed by atoms with Crippen molar-refractivity contribution < 1.29 is 0 Å². The number of thiazole rings is 1. The Morgan fingerprint density at radius 3 is 2.87 bits per heavy atom. The number of anilines is 1. The highest BCUT2D eigenvalue weighted by Gasteiger charge is 2.27. The van der Waals surface area contributed by atoms with E-state index in [1.54, 1.807) is 0 Å². The average Bonchev–Trinajstić information content (AvgIpc) is 2.85. The largest absolute Gasteiger partial charge is 0.359 e. The van der Waals surface area contributed by atoms with Gasteiger partial charge in [-0.1, -0.05) is 13.8 Å². The van der Waals surface area contributed by atoms with Gasteiger partial charge >= 0.3 is 0 Å². The van der Waals surface area contributed by atoms with Gasteiger partial charge in [-0.2, -0.15) is 0 Å². The van der Waals surface area contributed by atoms with Crippen LogP contribution in [0, 0.1) is 5.92 Å². The average molecular weight is 222 g/mol. The van der Waals surface area contributed by atoms with Gasteiger partial charge in [-0.25, -0.2) is 4.98 Å². The highest BCUT2D eigenvalue weighted by molar-refractivity contribution is 7.15. The van der Waals surface area contributed by atoms with Crippen molar-refractivity contribution in [1.29, 1.82) is 0 Å². The predicted octanol–water partition coefficient (Wildman–Crippen LogP) is 3.40. The molecule has 0 spiro atoms. The standard InChI is InChI=1S/C12H18N2S/c1-7-5-8(2)11-10(6-7)15-12(14-11)13-9-3-4-9/h7-9H,3-6H2,1-2H3,(H,13,14). The lowest BCUT2D eigenvalue weighted by Gasteiger charge is -2.22. The van der Waals surface area contributed by atoms with Gasteiger partial charge in [0.25, 0.3) is 0 Å². The van der Waals surface area contributed by atoms with E-state index in [9.17, 15) is 0 Å². The number of hydrogen-bond acceptors (Lipinski definition) is 3. The van der Waals surface area contributed by atoms with E-state index in [1.807, 2.05) is 11.3 Å². The van der Waals surface area contributed by atoms with Gasteiger partial charge in [0, 0.05) is 10.9 Å². The van der Waals surface area contributed by atoms with Crippen LogP contribution in [0.25, 0.3) is 0 Å². The highest BCUT2D eigenvalue weighted by Crippen LogP contribution is 2.39. The minimum Gasteiger partial charge on any atom is -0.359 e. The first-order valence-corrected chi connectivity index (χ1v) is 6.80. The molecule has 2 nitrogen and oxygen atoms in total.